The number of halogens is 3. The molecule has 43 heavy (non-hydrogen) atoms. The second-order valence-corrected chi connectivity index (χ2v) is 10.4. The Bertz CT molecular complexity index is 1470. The van der Waals surface area contributed by atoms with Gasteiger partial charge in [-0.3, -0.25) is 4.90 Å². The highest BCUT2D eigenvalue weighted by Crippen LogP contribution is 2.45. The second-order valence-electron chi connectivity index (χ2n) is 10.4. The molecule has 1 fully saturated rings. The van der Waals surface area contributed by atoms with Gasteiger partial charge < -0.3 is 19.3 Å². The van der Waals surface area contributed by atoms with Crippen LogP contribution in [0.3, 0.4) is 0 Å². The lowest BCUT2D eigenvalue weighted by Crippen LogP contribution is -2.48. The van der Waals surface area contributed by atoms with Gasteiger partial charge in [-0.1, -0.05) is 19.1 Å². The molecule has 2 aromatic carbocycles. The van der Waals surface area contributed by atoms with E-state index < -0.39 is 23.9 Å². The quantitative estimate of drug-likeness (QED) is 0.324. The summed E-state index contributed by atoms with van der Waals surface area (Å²) in [6.45, 7) is 6.57. The minimum absolute atomic E-state index is 0.135. The lowest BCUT2D eigenvalue weighted by molar-refractivity contribution is -0.137. The van der Waals surface area contributed by atoms with E-state index in [0.29, 0.717) is 61.9 Å². The molecule has 3 aromatic rings. The number of carbonyl (C=O) groups excluding carboxylic acids is 1. The molecule has 0 bridgehead atoms. The third-order valence-corrected chi connectivity index (χ3v) is 7.81. The number of nitrogens with zero attached hydrogens (tertiary/aromatic N) is 6. The van der Waals surface area contributed by atoms with E-state index in [-0.39, 0.29) is 19.2 Å². The van der Waals surface area contributed by atoms with Crippen molar-refractivity contribution in [1.29, 1.82) is 5.26 Å². The highest BCUT2D eigenvalue weighted by molar-refractivity contribution is 5.90. The summed E-state index contributed by atoms with van der Waals surface area (Å²) in [5.41, 5.74) is 1.92. The zero-order valence-electron chi connectivity index (χ0n) is 24.0. The Morgan fingerprint density at radius 3 is 2.53 bits per heavy atom. The summed E-state index contributed by atoms with van der Waals surface area (Å²) in [6.07, 6.45) is -0.902. The SMILES string of the molecule is CCOC(=O)N1c2ccc(C(F)(F)F)cc2[C@@H](N(Cc2cccc(C#N)c2)c2ncc(N3CCOCC3)cn2)C[C@H]1CC. The molecule has 12 heteroatoms. The number of hydrogen-bond acceptors (Lipinski definition) is 8. The number of nitriles is 1. The minimum atomic E-state index is -4.59. The first-order chi connectivity index (χ1) is 20.7. The van der Waals surface area contributed by atoms with Crippen molar-refractivity contribution >= 4 is 23.4 Å². The maximum atomic E-state index is 14.0. The molecule has 0 unspecified atom stereocenters. The van der Waals surface area contributed by atoms with Gasteiger partial charge in [0.15, 0.2) is 0 Å². The first-order valence-electron chi connectivity index (χ1n) is 14.3. The van der Waals surface area contributed by atoms with Gasteiger partial charge in [0.05, 0.1) is 66.8 Å². The number of alkyl halides is 3. The second kappa shape index (κ2) is 12.9. The van der Waals surface area contributed by atoms with Gasteiger partial charge in [-0.2, -0.15) is 18.4 Å². The zero-order chi connectivity index (χ0) is 30.6. The fourth-order valence-corrected chi connectivity index (χ4v) is 5.69. The molecule has 5 rings (SSSR count). The third kappa shape index (κ3) is 6.51. The van der Waals surface area contributed by atoms with Crippen molar-refractivity contribution in [2.24, 2.45) is 0 Å². The van der Waals surface area contributed by atoms with E-state index in [2.05, 4.69) is 20.9 Å². The smallest absolute Gasteiger partial charge is 0.416 e. The van der Waals surface area contributed by atoms with Gasteiger partial charge in [0.1, 0.15) is 0 Å². The number of aromatic nitrogens is 2. The number of amides is 1. The van der Waals surface area contributed by atoms with Crippen molar-refractivity contribution in [3.63, 3.8) is 0 Å². The molecular weight excluding hydrogens is 561 g/mol. The van der Waals surface area contributed by atoms with Crippen LogP contribution < -0.4 is 14.7 Å². The molecule has 0 aliphatic carbocycles. The Labute approximate surface area is 248 Å². The molecule has 9 nitrogen and oxygen atoms in total. The van der Waals surface area contributed by atoms with Crippen LogP contribution in [0.4, 0.5) is 35.3 Å². The predicted octanol–water partition coefficient (Wildman–Crippen LogP) is 6.10. The van der Waals surface area contributed by atoms with E-state index in [9.17, 15) is 23.2 Å². The molecule has 2 aliphatic rings. The molecule has 0 saturated carbocycles. The molecule has 0 spiro atoms. The topological polar surface area (TPSA) is 94.8 Å². The average Bonchev–Trinajstić information content (AvgIpc) is 3.03. The highest BCUT2D eigenvalue weighted by Gasteiger charge is 2.41. The van der Waals surface area contributed by atoms with Crippen LogP contribution in [0.5, 0.6) is 0 Å². The molecule has 0 N–H and O–H groups in total. The summed E-state index contributed by atoms with van der Waals surface area (Å²) in [4.78, 5) is 27.9. The molecule has 3 heterocycles. The van der Waals surface area contributed by atoms with Gasteiger partial charge in [0.2, 0.25) is 5.95 Å². The van der Waals surface area contributed by atoms with Gasteiger partial charge in [0, 0.05) is 25.7 Å². The van der Waals surface area contributed by atoms with Crippen molar-refractivity contribution in [1.82, 2.24) is 9.97 Å². The van der Waals surface area contributed by atoms with Crippen LogP contribution in [-0.2, 0) is 22.2 Å². The van der Waals surface area contributed by atoms with Crippen molar-refractivity contribution in [3.8, 4) is 6.07 Å². The monoisotopic (exact) mass is 594 g/mol. The van der Waals surface area contributed by atoms with E-state index >= 15 is 0 Å². The highest BCUT2D eigenvalue weighted by atomic mass is 19.4. The maximum absolute atomic E-state index is 14.0. The lowest BCUT2D eigenvalue weighted by atomic mass is 9.87. The number of benzene rings is 2. The standard InChI is InChI=1S/C31H33F3N6O3/c1-3-24-16-28(26-15-23(31(32,33)34)8-9-27(26)40(24)30(41)43-4-2)39(20-22-7-5-6-21(14-22)17-35)29-36-18-25(19-37-29)38-10-12-42-13-11-38/h5-9,14-15,18-19,24,28H,3-4,10-13,16,20H2,1-2H3/t24-,28+/m1/s1. The Morgan fingerprint density at radius 2 is 1.88 bits per heavy atom. The van der Waals surface area contributed by atoms with Crippen LogP contribution in [0.25, 0.3) is 0 Å². The van der Waals surface area contributed by atoms with Crippen molar-refractivity contribution in [2.75, 3.05) is 47.6 Å². The first kappa shape index (κ1) is 30.1. The van der Waals surface area contributed by atoms with Gasteiger partial charge >= 0.3 is 12.3 Å². The molecule has 0 radical (unpaired) electrons. The number of ether oxygens (including phenoxy) is 2. The number of rotatable bonds is 7. The van der Waals surface area contributed by atoms with Gasteiger partial charge in [-0.05, 0) is 61.2 Å². The molecule has 2 atom stereocenters. The van der Waals surface area contributed by atoms with Crippen molar-refractivity contribution in [2.45, 2.75) is 51.5 Å². The first-order valence-corrected chi connectivity index (χ1v) is 14.3. The average molecular weight is 595 g/mol. The minimum Gasteiger partial charge on any atom is -0.449 e. The van der Waals surface area contributed by atoms with Crippen LogP contribution in [0.2, 0.25) is 0 Å². The molecule has 2 aliphatic heterocycles. The fourth-order valence-electron chi connectivity index (χ4n) is 5.69. The van der Waals surface area contributed by atoms with E-state index in [0.717, 1.165) is 23.4 Å². The Hall–Kier alpha value is -4.37. The normalized spacial score (nSPS) is 18.5. The number of carbonyl (C=O) groups is 1. The van der Waals surface area contributed by atoms with E-state index in [1.54, 1.807) is 37.5 Å². The van der Waals surface area contributed by atoms with E-state index in [1.165, 1.54) is 11.0 Å². The summed E-state index contributed by atoms with van der Waals surface area (Å²) in [5, 5.41) is 9.49. The van der Waals surface area contributed by atoms with Gasteiger partial charge in [0.25, 0.3) is 0 Å². The Kier molecular flexibility index (Phi) is 9.01. The summed E-state index contributed by atoms with van der Waals surface area (Å²) in [5.74, 6) is 0.326. The van der Waals surface area contributed by atoms with Gasteiger partial charge in [-0.15, -0.1) is 0 Å². The number of morpholine rings is 1. The molecule has 1 aromatic heterocycles. The number of anilines is 3. The molecule has 1 amide bonds. The summed E-state index contributed by atoms with van der Waals surface area (Å²) in [6, 6.07) is 11.7. The summed E-state index contributed by atoms with van der Waals surface area (Å²) in [7, 11) is 0. The van der Waals surface area contributed by atoms with Gasteiger partial charge in [-0.25, -0.2) is 14.8 Å². The zero-order valence-corrected chi connectivity index (χ0v) is 24.0. The number of hydrogen-bond donors (Lipinski definition) is 0. The molecule has 1 saturated heterocycles. The lowest BCUT2D eigenvalue weighted by Gasteiger charge is -2.44. The largest absolute Gasteiger partial charge is 0.449 e. The fraction of sp³-hybridized carbons (Fsp3) is 0.419. The maximum Gasteiger partial charge on any atom is 0.416 e. The van der Waals surface area contributed by atoms with Crippen molar-refractivity contribution in [3.05, 3.63) is 77.1 Å². The van der Waals surface area contributed by atoms with Crippen LogP contribution >= 0.6 is 0 Å². The van der Waals surface area contributed by atoms with Crippen LogP contribution in [0.1, 0.15) is 55.0 Å². The summed E-state index contributed by atoms with van der Waals surface area (Å²) < 4.78 is 52.7. The van der Waals surface area contributed by atoms with Crippen LogP contribution in [-0.4, -0.2) is 55.0 Å². The van der Waals surface area contributed by atoms with Crippen molar-refractivity contribution < 1.29 is 27.4 Å². The third-order valence-electron chi connectivity index (χ3n) is 7.81. The summed E-state index contributed by atoms with van der Waals surface area (Å²) >= 11 is 0. The van der Waals surface area contributed by atoms with Crippen LogP contribution in [0, 0.1) is 11.3 Å². The molecular formula is C31H33F3N6O3. The van der Waals surface area contributed by atoms with E-state index in [1.807, 2.05) is 17.9 Å². The number of fused-ring (bicyclic) bond motifs is 1. The predicted molar refractivity (Wildman–Crippen MR) is 155 cm³/mol. The molecule has 226 valence electrons. The Balaban J connectivity index is 1.63. The van der Waals surface area contributed by atoms with E-state index in [4.69, 9.17) is 9.47 Å². The Morgan fingerprint density at radius 1 is 1.14 bits per heavy atom. The van der Waals surface area contributed by atoms with Crippen LogP contribution in [0.15, 0.2) is 54.9 Å².